The van der Waals surface area contributed by atoms with Gasteiger partial charge in [0, 0.05) is 19.7 Å². The van der Waals surface area contributed by atoms with E-state index < -0.39 is 0 Å². The fourth-order valence-electron chi connectivity index (χ4n) is 1.65. The van der Waals surface area contributed by atoms with E-state index in [1.54, 1.807) is 16.8 Å². The first-order valence-corrected chi connectivity index (χ1v) is 5.34. The predicted molar refractivity (Wildman–Crippen MR) is 66.1 cm³/mol. The molecule has 4 nitrogen and oxygen atoms in total. The van der Waals surface area contributed by atoms with Crippen LogP contribution in [0.3, 0.4) is 0 Å². The molecule has 90 valence electrons. The molecule has 0 radical (unpaired) electrons. The number of hydrogen-bond donors (Lipinski definition) is 2. The van der Waals surface area contributed by atoms with Gasteiger partial charge in [-0.05, 0) is 24.6 Å². The Morgan fingerprint density at radius 3 is 2.76 bits per heavy atom. The van der Waals surface area contributed by atoms with Crippen LogP contribution < -0.4 is 11.1 Å². The molecule has 0 atom stereocenters. The molecule has 0 aliphatic carbocycles. The van der Waals surface area contributed by atoms with Crippen LogP contribution in [0.4, 0.5) is 15.9 Å². The minimum absolute atomic E-state index is 0.171. The van der Waals surface area contributed by atoms with Crippen molar-refractivity contribution in [2.75, 3.05) is 11.1 Å². The SMILES string of the molecule is Cc1cc(NCc2ccc(N)c(F)c2)n(C)n1. The van der Waals surface area contributed by atoms with Crippen LogP contribution in [0.25, 0.3) is 0 Å². The molecule has 0 unspecified atom stereocenters. The van der Waals surface area contributed by atoms with Crippen LogP contribution in [0.1, 0.15) is 11.3 Å². The smallest absolute Gasteiger partial charge is 0.146 e. The number of benzene rings is 1. The van der Waals surface area contributed by atoms with Gasteiger partial charge in [-0.2, -0.15) is 5.10 Å². The van der Waals surface area contributed by atoms with Crippen molar-refractivity contribution in [1.29, 1.82) is 0 Å². The molecule has 1 aromatic carbocycles. The number of nitrogens with one attached hydrogen (secondary N) is 1. The van der Waals surface area contributed by atoms with E-state index in [0.29, 0.717) is 6.54 Å². The summed E-state index contributed by atoms with van der Waals surface area (Å²) in [7, 11) is 1.86. The summed E-state index contributed by atoms with van der Waals surface area (Å²) in [5.41, 5.74) is 7.37. The topological polar surface area (TPSA) is 55.9 Å². The number of aryl methyl sites for hydroxylation is 2. The lowest BCUT2D eigenvalue weighted by Gasteiger charge is -2.07. The van der Waals surface area contributed by atoms with Gasteiger partial charge >= 0.3 is 0 Å². The summed E-state index contributed by atoms with van der Waals surface area (Å²) < 4.78 is 15.0. The first kappa shape index (κ1) is 11.4. The molecule has 0 amide bonds. The van der Waals surface area contributed by atoms with Crippen molar-refractivity contribution >= 4 is 11.5 Å². The average molecular weight is 234 g/mol. The first-order chi connectivity index (χ1) is 8.06. The Hall–Kier alpha value is -2.04. The minimum Gasteiger partial charge on any atom is -0.396 e. The van der Waals surface area contributed by atoms with Crippen LogP contribution in [0.2, 0.25) is 0 Å². The summed E-state index contributed by atoms with van der Waals surface area (Å²) >= 11 is 0. The molecular weight excluding hydrogens is 219 g/mol. The van der Waals surface area contributed by atoms with Crippen LogP contribution in [0.15, 0.2) is 24.3 Å². The van der Waals surface area contributed by atoms with Gasteiger partial charge in [-0.25, -0.2) is 4.39 Å². The number of nitrogen functional groups attached to an aromatic ring is 1. The van der Waals surface area contributed by atoms with Crippen molar-refractivity contribution in [3.63, 3.8) is 0 Å². The van der Waals surface area contributed by atoms with Crippen LogP contribution in [-0.4, -0.2) is 9.78 Å². The molecule has 0 saturated heterocycles. The molecule has 2 rings (SSSR count). The number of nitrogens with zero attached hydrogens (tertiary/aromatic N) is 2. The third-order valence-corrected chi connectivity index (χ3v) is 2.54. The maximum atomic E-state index is 13.2. The molecule has 0 saturated carbocycles. The van der Waals surface area contributed by atoms with Gasteiger partial charge in [-0.15, -0.1) is 0 Å². The van der Waals surface area contributed by atoms with Crippen LogP contribution in [-0.2, 0) is 13.6 Å². The number of halogens is 1. The lowest BCUT2D eigenvalue weighted by atomic mass is 10.2. The van der Waals surface area contributed by atoms with Crippen LogP contribution >= 0.6 is 0 Å². The molecule has 5 heteroatoms. The van der Waals surface area contributed by atoms with Gasteiger partial charge in [0.05, 0.1) is 11.4 Å². The quantitative estimate of drug-likeness (QED) is 0.799. The average Bonchev–Trinajstić information content (AvgIpc) is 2.59. The lowest BCUT2D eigenvalue weighted by Crippen LogP contribution is -2.05. The van der Waals surface area contributed by atoms with Crippen molar-refractivity contribution in [2.45, 2.75) is 13.5 Å². The maximum absolute atomic E-state index is 13.2. The van der Waals surface area contributed by atoms with Crippen molar-refractivity contribution in [3.8, 4) is 0 Å². The minimum atomic E-state index is -0.384. The molecule has 0 aliphatic heterocycles. The highest BCUT2D eigenvalue weighted by atomic mass is 19.1. The molecule has 1 heterocycles. The van der Waals surface area contributed by atoms with E-state index in [9.17, 15) is 4.39 Å². The summed E-state index contributed by atoms with van der Waals surface area (Å²) in [5.74, 6) is 0.519. The predicted octanol–water partition coefficient (Wildman–Crippen LogP) is 2.06. The number of nitrogens with two attached hydrogens (primary N) is 1. The molecular formula is C12H15FN4. The molecule has 0 bridgehead atoms. The monoisotopic (exact) mass is 234 g/mol. The van der Waals surface area contributed by atoms with Crippen LogP contribution in [0.5, 0.6) is 0 Å². The Balaban J connectivity index is 2.07. The Bertz CT molecular complexity index is 533. The van der Waals surface area contributed by atoms with Gasteiger partial charge in [0.25, 0.3) is 0 Å². The molecule has 3 N–H and O–H groups in total. The van der Waals surface area contributed by atoms with E-state index in [4.69, 9.17) is 5.73 Å². The fraction of sp³-hybridized carbons (Fsp3) is 0.250. The van der Waals surface area contributed by atoms with Crippen molar-refractivity contribution in [1.82, 2.24) is 9.78 Å². The Kier molecular flexibility index (Phi) is 2.99. The number of hydrogen-bond acceptors (Lipinski definition) is 3. The lowest BCUT2D eigenvalue weighted by molar-refractivity contribution is 0.630. The molecule has 0 aliphatic rings. The summed E-state index contributed by atoms with van der Waals surface area (Å²) in [6, 6.07) is 6.74. The van der Waals surface area contributed by atoms with Crippen LogP contribution in [0, 0.1) is 12.7 Å². The second-order valence-corrected chi connectivity index (χ2v) is 4.00. The van der Waals surface area contributed by atoms with E-state index in [0.717, 1.165) is 17.1 Å². The number of aromatic nitrogens is 2. The third kappa shape index (κ3) is 2.55. The number of anilines is 2. The summed E-state index contributed by atoms with van der Waals surface area (Å²) in [5, 5.41) is 7.40. The zero-order valence-corrected chi connectivity index (χ0v) is 9.87. The second kappa shape index (κ2) is 4.45. The van der Waals surface area contributed by atoms with Gasteiger partial charge in [0.15, 0.2) is 0 Å². The summed E-state index contributed by atoms with van der Waals surface area (Å²) in [6.45, 7) is 2.46. The maximum Gasteiger partial charge on any atom is 0.146 e. The van der Waals surface area contributed by atoms with Gasteiger partial charge in [0.2, 0.25) is 0 Å². The van der Waals surface area contributed by atoms with Gasteiger partial charge in [-0.1, -0.05) is 6.07 Å². The van der Waals surface area contributed by atoms with E-state index in [1.807, 2.05) is 20.0 Å². The molecule has 1 aromatic heterocycles. The van der Waals surface area contributed by atoms with E-state index in [-0.39, 0.29) is 11.5 Å². The van der Waals surface area contributed by atoms with E-state index in [1.165, 1.54) is 6.07 Å². The zero-order chi connectivity index (χ0) is 12.4. The summed E-state index contributed by atoms with van der Waals surface area (Å²) in [6.07, 6.45) is 0. The highest BCUT2D eigenvalue weighted by molar-refractivity contribution is 5.43. The Labute approximate surface area is 99.2 Å². The summed E-state index contributed by atoms with van der Waals surface area (Å²) in [4.78, 5) is 0. The van der Waals surface area contributed by atoms with E-state index in [2.05, 4.69) is 10.4 Å². The highest BCUT2D eigenvalue weighted by Gasteiger charge is 2.03. The normalized spacial score (nSPS) is 10.5. The first-order valence-electron chi connectivity index (χ1n) is 5.34. The van der Waals surface area contributed by atoms with Crippen molar-refractivity contribution < 1.29 is 4.39 Å². The number of rotatable bonds is 3. The van der Waals surface area contributed by atoms with Crippen molar-refractivity contribution in [3.05, 3.63) is 41.3 Å². The molecule has 17 heavy (non-hydrogen) atoms. The van der Waals surface area contributed by atoms with Gasteiger partial charge < -0.3 is 11.1 Å². The Morgan fingerprint density at radius 2 is 2.18 bits per heavy atom. The largest absolute Gasteiger partial charge is 0.396 e. The highest BCUT2D eigenvalue weighted by Crippen LogP contribution is 2.14. The zero-order valence-electron chi connectivity index (χ0n) is 9.87. The molecule has 0 fully saturated rings. The van der Waals surface area contributed by atoms with Crippen molar-refractivity contribution in [2.24, 2.45) is 7.05 Å². The Morgan fingerprint density at radius 1 is 1.41 bits per heavy atom. The second-order valence-electron chi connectivity index (χ2n) is 4.00. The third-order valence-electron chi connectivity index (χ3n) is 2.54. The van der Waals surface area contributed by atoms with E-state index >= 15 is 0 Å². The van der Waals surface area contributed by atoms with Gasteiger partial charge in [-0.3, -0.25) is 4.68 Å². The fourth-order valence-corrected chi connectivity index (χ4v) is 1.65. The molecule has 0 spiro atoms. The molecule has 2 aromatic rings. The van der Waals surface area contributed by atoms with Gasteiger partial charge in [0.1, 0.15) is 11.6 Å². The standard InChI is InChI=1S/C12H15FN4/c1-8-5-12(17(2)16-8)15-7-9-3-4-11(14)10(13)6-9/h3-6,15H,7,14H2,1-2H3.